The van der Waals surface area contributed by atoms with E-state index in [1.54, 1.807) is 5.57 Å². The number of ether oxygens (including phenoxy) is 1. The van der Waals surface area contributed by atoms with Crippen LogP contribution in [0, 0.1) is 40.9 Å². The molecular weight excluding hydrogens is 801 g/mol. The first kappa shape index (κ1) is 38.5. The molecule has 4 aromatic rings. The molecule has 7 atom stereocenters. The second-order valence-corrected chi connectivity index (χ2v) is 20.8. The Morgan fingerprint density at radius 3 is 2.53 bits per heavy atom. The summed E-state index contributed by atoms with van der Waals surface area (Å²) < 4.78 is 9.14. The summed E-state index contributed by atoms with van der Waals surface area (Å²) in [6.45, 7) is 4.95. The zero-order valence-electron chi connectivity index (χ0n) is 37.8. The molecule has 0 amide bonds. The lowest BCUT2D eigenvalue weighted by atomic mass is 9.75. The fraction of sp³-hybridized carbons (Fsp3) is 0.254. The van der Waals surface area contributed by atoms with Gasteiger partial charge < -0.3 is 14.2 Å². The minimum atomic E-state index is 0.0746. The van der Waals surface area contributed by atoms with Crippen LogP contribution in [-0.4, -0.2) is 4.57 Å². The molecular formula is C63H54N2O. The Labute approximate surface area is 388 Å². The number of allylic oxidation sites excluding steroid dienone is 21. The summed E-state index contributed by atoms with van der Waals surface area (Å²) in [5.41, 5.74) is 22.2. The zero-order chi connectivity index (χ0) is 43.7. The van der Waals surface area contributed by atoms with Gasteiger partial charge in [-0.3, -0.25) is 0 Å². The molecule has 322 valence electrons. The van der Waals surface area contributed by atoms with Gasteiger partial charge in [-0.2, -0.15) is 0 Å². The van der Waals surface area contributed by atoms with Crippen LogP contribution in [0.4, 0.5) is 5.69 Å². The fourth-order valence-electron chi connectivity index (χ4n) is 13.3. The predicted molar refractivity (Wildman–Crippen MR) is 270 cm³/mol. The number of rotatable bonds is 7. The predicted octanol–water partition coefficient (Wildman–Crippen LogP) is 15.0. The summed E-state index contributed by atoms with van der Waals surface area (Å²) in [5.74, 6) is 5.79. The number of benzene rings is 3. The molecule has 1 aromatic heterocycles. The lowest BCUT2D eigenvalue weighted by Crippen LogP contribution is -2.26. The molecule has 9 aliphatic carbocycles. The van der Waals surface area contributed by atoms with E-state index < -0.39 is 0 Å². The zero-order valence-corrected chi connectivity index (χ0v) is 37.8. The van der Waals surface area contributed by atoms with Crippen molar-refractivity contribution in [3.63, 3.8) is 0 Å². The van der Waals surface area contributed by atoms with Crippen molar-refractivity contribution in [2.24, 2.45) is 40.9 Å². The highest BCUT2D eigenvalue weighted by Crippen LogP contribution is 2.60. The van der Waals surface area contributed by atoms with Crippen molar-refractivity contribution in [2.45, 2.75) is 58.3 Å². The van der Waals surface area contributed by atoms with Gasteiger partial charge in [0.25, 0.3) is 0 Å². The standard InChI is InChI=1S/C63H54N2O/c1-63(2)57-19-11-9-17-50(57)51-30-28-48(36-58(51)63)64(49-33-44(39-13-5-3-6-14-39)31-45(34-49)40-15-7-4-8-16-40)46-25-21-41(22-26-46)42-23-27-47(32-42)65-59-20-12-10-18-52(59)55-37-56-53-29-24-43-35-54(43)62(53)66-61(56)38-60(55)65/h3-7,9-15,17-29,33-34,36,38,43-44,50-51,54,56-57H,8,16,30-31,35,37H2,1-2H3. The number of hydrogen-bond donors (Lipinski definition) is 0. The smallest absolute Gasteiger partial charge is 0.114 e. The molecule has 7 unspecified atom stereocenters. The number of anilines is 1. The van der Waals surface area contributed by atoms with Crippen LogP contribution in [0.2, 0.25) is 0 Å². The van der Waals surface area contributed by atoms with Crippen molar-refractivity contribution in [3.05, 3.63) is 243 Å². The molecule has 10 aliphatic rings. The summed E-state index contributed by atoms with van der Waals surface area (Å²) in [5, 5.41) is 1.33. The van der Waals surface area contributed by atoms with Gasteiger partial charge in [0.2, 0.25) is 0 Å². The molecule has 2 fully saturated rings. The SMILES string of the molecule is CC1(C)C2=CC(N(C3=CC(c4ccccc4)CC(C4=CC=CCC4)=C3)c3ccc(C4=C=C(n5c6c(c7ccccc75)CC5C(=C6)OC6=C5C=CC5CC65)C=C4)cc3)=CCC2C2C=CC=CC21. The Bertz CT molecular complexity index is 3250. The van der Waals surface area contributed by atoms with Crippen molar-refractivity contribution in [3.8, 4) is 0 Å². The van der Waals surface area contributed by atoms with Gasteiger partial charge in [0, 0.05) is 57.4 Å². The van der Waals surface area contributed by atoms with Crippen LogP contribution in [-0.2, 0) is 11.2 Å². The van der Waals surface area contributed by atoms with E-state index in [1.165, 1.54) is 79.3 Å². The van der Waals surface area contributed by atoms with Crippen LogP contribution < -0.4 is 4.90 Å². The van der Waals surface area contributed by atoms with Crippen molar-refractivity contribution in [1.29, 1.82) is 0 Å². The number of para-hydroxylation sites is 1. The van der Waals surface area contributed by atoms with Crippen LogP contribution in [0.25, 0.3) is 28.2 Å². The maximum atomic E-state index is 6.71. The van der Waals surface area contributed by atoms with E-state index in [9.17, 15) is 0 Å². The average Bonchev–Trinajstić information content (AvgIpc) is 3.58. The van der Waals surface area contributed by atoms with E-state index in [-0.39, 0.29) is 11.3 Å². The van der Waals surface area contributed by atoms with Crippen molar-refractivity contribution >= 4 is 33.9 Å². The molecule has 0 N–H and O–H groups in total. The van der Waals surface area contributed by atoms with Gasteiger partial charge in [0.1, 0.15) is 11.5 Å². The summed E-state index contributed by atoms with van der Waals surface area (Å²) in [7, 11) is 0. The highest BCUT2D eigenvalue weighted by Gasteiger charge is 2.51. The molecule has 2 saturated carbocycles. The van der Waals surface area contributed by atoms with Gasteiger partial charge in [-0.05, 0) is 138 Å². The molecule has 3 nitrogen and oxygen atoms in total. The van der Waals surface area contributed by atoms with Crippen LogP contribution in [0.15, 0.2) is 221 Å². The molecule has 2 heterocycles. The molecule has 1 aliphatic heterocycles. The minimum absolute atomic E-state index is 0.0746. The Kier molecular flexibility index (Phi) is 8.51. The topological polar surface area (TPSA) is 17.4 Å². The summed E-state index contributed by atoms with van der Waals surface area (Å²) >= 11 is 0. The quantitative estimate of drug-likeness (QED) is 0.172. The third-order valence-electron chi connectivity index (χ3n) is 16.8. The van der Waals surface area contributed by atoms with E-state index in [0.717, 1.165) is 49.1 Å². The van der Waals surface area contributed by atoms with Crippen LogP contribution in [0.1, 0.15) is 74.3 Å². The van der Waals surface area contributed by atoms with E-state index in [0.29, 0.717) is 35.5 Å². The van der Waals surface area contributed by atoms with E-state index >= 15 is 0 Å². The highest BCUT2D eigenvalue weighted by molar-refractivity contribution is 5.96. The molecule has 0 bridgehead atoms. The minimum Gasteiger partial charge on any atom is -0.465 e. The summed E-state index contributed by atoms with van der Waals surface area (Å²) in [6.07, 6.45) is 44.6. The van der Waals surface area contributed by atoms with Gasteiger partial charge in [-0.15, -0.1) is 0 Å². The Hall–Kier alpha value is -6.80. The summed E-state index contributed by atoms with van der Waals surface area (Å²) in [6, 6.07) is 29.4. The van der Waals surface area contributed by atoms with Crippen molar-refractivity contribution in [2.75, 3.05) is 4.90 Å². The second-order valence-electron chi connectivity index (χ2n) is 20.8. The first-order chi connectivity index (χ1) is 32.4. The third-order valence-corrected chi connectivity index (χ3v) is 16.8. The third kappa shape index (κ3) is 5.95. The first-order valence-corrected chi connectivity index (χ1v) is 24.6. The monoisotopic (exact) mass is 854 g/mol. The van der Waals surface area contributed by atoms with Gasteiger partial charge >= 0.3 is 0 Å². The number of aromatic nitrogens is 1. The van der Waals surface area contributed by atoms with Crippen molar-refractivity contribution in [1.82, 2.24) is 4.57 Å². The van der Waals surface area contributed by atoms with Gasteiger partial charge in [-0.25, -0.2) is 0 Å². The molecule has 3 heteroatoms. The summed E-state index contributed by atoms with van der Waals surface area (Å²) in [4.78, 5) is 2.57. The van der Waals surface area contributed by atoms with Gasteiger partial charge in [-0.1, -0.05) is 153 Å². The highest BCUT2D eigenvalue weighted by atomic mass is 16.5. The maximum absolute atomic E-state index is 6.71. The lowest BCUT2D eigenvalue weighted by molar-refractivity contribution is 0.286. The number of hydrogen-bond acceptors (Lipinski definition) is 2. The average molecular weight is 855 g/mol. The van der Waals surface area contributed by atoms with Gasteiger partial charge in [0.05, 0.1) is 16.9 Å². The Morgan fingerprint density at radius 2 is 1.65 bits per heavy atom. The van der Waals surface area contributed by atoms with Gasteiger partial charge in [0.15, 0.2) is 0 Å². The fourth-order valence-corrected chi connectivity index (χ4v) is 13.3. The van der Waals surface area contributed by atoms with Crippen LogP contribution in [0.5, 0.6) is 0 Å². The maximum Gasteiger partial charge on any atom is 0.114 e. The Balaban J connectivity index is 0.860. The molecule has 14 rings (SSSR count). The van der Waals surface area contributed by atoms with Crippen molar-refractivity contribution < 1.29 is 4.74 Å². The molecule has 0 radical (unpaired) electrons. The largest absolute Gasteiger partial charge is 0.465 e. The van der Waals surface area contributed by atoms with E-state index in [2.05, 4.69) is 205 Å². The first-order valence-electron chi connectivity index (χ1n) is 24.6. The molecule has 66 heavy (non-hydrogen) atoms. The molecule has 0 spiro atoms. The lowest BCUT2D eigenvalue weighted by Gasteiger charge is -2.36. The van der Waals surface area contributed by atoms with Crippen LogP contribution >= 0.6 is 0 Å². The van der Waals surface area contributed by atoms with E-state index in [1.807, 2.05) is 0 Å². The number of nitrogens with zero attached hydrogens (tertiary/aromatic N) is 2. The normalized spacial score (nSPS) is 28.9. The van der Waals surface area contributed by atoms with Crippen LogP contribution in [0.3, 0.4) is 0 Å². The molecule has 0 saturated heterocycles. The molecule has 3 aromatic carbocycles. The number of fused-ring (bicyclic) bond motifs is 10. The van der Waals surface area contributed by atoms with E-state index in [4.69, 9.17) is 4.74 Å². The Morgan fingerprint density at radius 1 is 0.788 bits per heavy atom. The second kappa shape index (κ2) is 14.6.